The summed E-state index contributed by atoms with van der Waals surface area (Å²) in [5, 5.41) is 18.1. The van der Waals surface area contributed by atoms with E-state index in [1.807, 2.05) is 6.92 Å². The molecule has 0 amide bonds. The molecule has 10 heteroatoms. The molecule has 19 heavy (non-hydrogen) atoms. The Morgan fingerprint density at radius 2 is 2.11 bits per heavy atom. The molecule has 0 aliphatic carbocycles. The van der Waals surface area contributed by atoms with E-state index in [1.54, 1.807) is 0 Å². The van der Waals surface area contributed by atoms with Gasteiger partial charge in [-0.2, -0.15) is 5.10 Å². The number of aromatic nitrogens is 5. The number of sulfonamides is 1. The van der Waals surface area contributed by atoms with E-state index in [1.165, 1.54) is 16.7 Å². The van der Waals surface area contributed by atoms with Gasteiger partial charge in [-0.05, 0) is 12.5 Å². The van der Waals surface area contributed by atoms with E-state index in [2.05, 4.69) is 20.4 Å². The molecule has 0 atom stereocenters. The molecular formula is C9H12N6O3S. The van der Waals surface area contributed by atoms with Crippen LogP contribution in [0, 0.1) is 0 Å². The number of primary sulfonamides is 1. The second-order valence-corrected chi connectivity index (χ2v) is 5.26. The molecule has 3 N–H and O–H groups in total. The summed E-state index contributed by atoms with van der Waals surface area (Å²) < 4.78 is 24.2. The molecule has 0 saturated heterocycles. The van der Waals surface area contributed by atoms with Gasteiger partial charge in [-0.3, -0.25) is 9.36 Å². The van der Waals surface area contributed by atoms with Crippen LogP contribution in [0.2, 0.25) is 0 Å². The minimum absolute atomic E-state index is 0.238. The fourth-order valence-electron chi connectivity index (χ4n) is 1.58. The zero-order valence-corrected chi connectivity index (χ0v) is 10.9. The number of nitrogens with two attached hydrogens (primary N) is 1. The summed E-state index contributed by atoms with van der Waals surface area (Å²) in [5.74, 6) is 0.238. The molecule has 0 spiro atoms. The maximum Gasteiger partial charge on any atom is 0.273 e. The van der Waals surface area contributed by atoms with Gasteiger partial charge in [-0.15, -0.1) is 10.2 Å². The van der Waals surface area contributed by atoms with Gasteiger partial charge in [-0.25, -0.2) is 18.7 Å². The minimum Gasteiger partial charge on any atom is -0.295 e. The third kappa shape index (κ3) is 2.69. The first kappa shape index (κ1) is 13.4. The Kier molecular flexibility index (Phi) is 3.44. The predicted octanol–water partition coefficient (Wildman–Crippen LogP) is -0.914. The molecule has 2 rings (SSSR count). The first-order valence-corrected chi connectivity index (χ1v) is 7.00. The molecule has 0 saturated carbocycles. The second-order valence-electron chi connectivity index (χ2n) is 3.81. The van der Waals surface area contributed by atoms with Crippen LogP contribution in [0.3, 0.4) is 0 Å². The van der Waals surface area contributed by atoms with Crippen LogP contribution in [0.1, 0.15) is 13.3 Å². The van der Waals surface area contributed by atoms with Gasteiger partial charge in [0, 0.05) is 12.6 Å². The molecule has 0 unspecified atom stereocenters. The normalized spacial score (nSPS) is 11.7. The Balaban J connectivity index is 2.61. The standard InChI is InChI=1S/C9H12N6O3S/c1-2-5-15-8(6-3-4-7(16)12-11-6)13-14-9(15)19(10,17)18/h3-4H,2,5H2,1H3,(H,12,16)(H2,10,17,18). The number of nitrogens with one attached hydrogen (secondary N) is 1. The Hall–Kier alpha value is -2.07. The van der Waals surface area contributed by atoms with Crippen molar-refractivity contribution in [3.05, 3.63) is 22.5 Å². The zero-order valence-electron chi connectivity index (χ0n) is 10.1. The van der Waals surface area contributed by atoms with E-state index in [0.717, 1.165) is 0 Å². The fraction of sp³-hybridized carbons (Fsp3) is 0.333. The fourth-order valence-corrected chi connectivity index (χ4v) is 2.22. The molecule has 0 aliphatic rings. The third-order valence-corrected chi connectivity index (χ3v) is 3.14. The van der Waals surface area contributed by atoms with Crippen molar-refractivity contribution in [2.24, 2.45) is 5.14 Å². The van der Waals surface area contributed by atoms with Gasteiger partial charge >= 0.3 is 0 Å². The molecule has 0 radical (unpaired) electrons. The molecule has 102 valence electrons. The van der Waals surface area contributed by atoms with Crippen molar-refractivity contribution in [2.45, 2.75) is 25.0 Å². The second kappa shape index (κ2) is 4.90. The highest BCUT2D eigenvalue weighted by atomic mass is 32.2. The number of nitrogens with zero attached hydrogens (tertiary/aromatic N) is 4. The number of hydrogen-bond acceptors (Lipinski definition) is 6. The largest absolute Gasteiger partial charge is 0.295 e. The van der Waals surface area contributed by atoms with Crippen LogP contribution in [0.4, 0.5) is 0 Å². The van der Waals surface area contributed by atoms with E-state index < -0.39 is 10.0 Å². The van der Waals surface area contributed by atoms with Crippen LogP contribution in [-0.2, 0) is 16.6 Å². The first-order valence-electron chi connectivity index (χ1n) is 5.45. The van der Waals surface area contributed by atoms with Gasteiger partial charge in [0.1, 0.15) is 5.69 Å². The molecular weight excluding hydrogens is 272 g/mol. The SMILES string of the molecule is CCCn1c(-c2ccc(=O)[nH]n2)nnc1S(N)(=O)=O. The van der Waals surface area contributed by atoms with Crippen molar-refractivity contribution in [3.63, 3.8) is 0 Å². The van der Waals surface area contributed by atoms with Crippen LogP contribution >= 0.6 is 0 Å². The number of aromatic amines is 1. The molecule has 0 bridgehead atoms. The highest BCUT2D eigenvalue weighted by Crippen LogP contribution is 2.17. The number of hydrogen-bond donors (Lipinski definition) is 2. The van der Waals surface area contributed by atoms with Crippen LogP contribution in [0.25, 0.3) is 11.5 Å². The number of H-pyrrole nitrogens is 1. The molecule has 2 aromatic rings. The average molecular weight is 284 g/mol. The Morgan fingerprint density at radius 1 is 1.37 bits per heavy atom. The van der Waals surface area contributed by atoms with Crippen molar-refractivity contribution in [1.82, 2.24) is 25.0 Å². The maximum absolute atomic E-state index is 11.4. The van der Waals surface area contributed by atoms with Crippen LogP contribution < -0.4 is 10.7 Å². The highest BCUT2D eigenvalue weighted by molar-refractivity contribution is 7.89. The highest BCUT2D eigenvalue weighted by Gasteiger charge is 2.22. The lowest BCUT2D eigenvalue weighted by Crippen LogP contribution is -2.19. The summed E-state index contributed by atoms with van der Waals surface area (Å²) in [6, 6.07) is 2.70. The number of rotatable bonds is 4. The average Bonchev–Trinajstić information content (AvgIpc) is 2.74. The van der Waals surface area contributed by atoms with Crippen LogP contribution in [-0.4, -0.2) is 33.4 Å². The Morgan fingerprint density at radius 3 is 2.63 bits per heavy atom. The van der Waals surface area contributed by atoms with Gasteiger partial charge in [-0.1, -0.05) is 6.92 Å². The third-order valence-electron chi connectivity index (χ3n) is 2.33. The molecule has 2 heterocycles. The van der Waals surface area contributed by atoms with Crippen molar-refractivity contribution in [3.8, 4) is 11.5 Å². The first-order chi connectivity index (χ1) is 8.93. The van der Waals surface area contributed by atoms with Crippen molar-refractivity contribution >= 4 is 10.0 Å². The molecule has 0 aromatic carbocycles. The molecule has 0 aliphatic heterocycles. The Bertz CT molecular complexity index is 727. The van der Waals surface area contributed by atoms with Gasteiger partial charge in [0.15, 0.2) is 5.82 Å². The molecule has 2 aromatic heterocycles. The molecule has 0 fully saturated rings. The summed E-state index contributed by atoms with van der Waals surface area (Å²) in [6.45, 7) is 2.24. The van der Waals surface area contributed by atoms with Crippen LogP contribution in [0.5, 0.6) is 0 Å². The van der Waals surface area contributed by atoms with Gasteiger partial charge in [0.2, 0.25) is 0 Å². The summed E-state index contributed by atoms with van der Waals surface area (Å²) >= 11 is 0. The van der Waals surface area contributed by atoms with Crippen molar-refractivity contribution in [1.29, 1.82) is 0 Å². The lowest BCUT2D eigenvalue weighted by atomic mass is 10.3. The van der Waals surface area contributed by atoms with Crippen molar-refractivity contribution in [2.75, 3.05) is 0 Å². The van der Waals surface area contributed by atoms with E-state index >= 15 is 0 Å². The monoisotopic (exact) mass is 284 g/mol. The van der Waals surface area contributed by atoms with Crippen LogP contribution in [0.15, 0.2) is 22.1 Å². The maximum atomic E-state index is 11.4. The van der Waals surface area contributed by atoms with E-state index in [0.29, 0.717) is 18.7 Å². The predicted molar refractivity (Wildman–Crippen MR) is 65.5 cm³/mol. The summed E-state index contributed by atoms with van der Waals surface area (Å²) in [5.41, 5.74) is -0.0487. The minimum atomic E-state index is -3.96. The lowest BCUT2D eigenvalue weighted by molar-refractivity contribution is 0.559. The van der Waals surface area contributed by atoms with E-state index in [9.17, 15) is 13.2 Å². The van der Waals surface area contributed by atoms with Gasteiger partial charge < -0.3 is 0 Å². The molecule has 9 nitrogen and oxygen atoms in total. The smallest absolute Gasteiger partial charge is 0.273 e. The summed E-state index contributed by atoms with van der Waals surface area (Å²) in [6.07, 6.45) is 0.664. The van der Waals surface area contributed by atoms with Gasteiger partial charge in [0.05, 0.1) is 0 Å². The van der Waals surface area contributed by atoms with E-state index in [-0.39, 0.29) is 16.5 Å². The zero-order chi connectivity index (χ0) is 14.0. The lowest BCUT2D eigenvalue weighted by Gasteiger charge is -2.06. The summed E-state index contributed by atoms with van der Waals surface area (Å²) in [4.78, 5) is 11.0. The topological polar surface area (TPSA) is 137 Å². The van der Waals surface area contributed by atoms with Gasteiger partial charge in [0.25, 0.3) is 20.7 Å². The quantitative estimate of drug-likeness (QED) is 0.745. The summed E-state index contributed by atoms with van der Waals surface area (Å²) in [7, 11) is -3.96. The van der Waals surface area contributed by atoms with E-state index in [4.69, 9.17) is 5.14 Å². The Labute approximate surface area is 108 Å². The van der Waals surface area contributed by atoms with Crippen molar-refractivity contribution < 1.29 is 8.42 Å².